The fraction of sp³-hybridized carbons (Fsp3) is 0.290. The first-order chi connectivity index (χ1) is 31.6. The van der Waals surface area contributed by atoms with Gasteiger partial charge in [0.25, 0.3) is 0 Å². The highest BCUT2D eigenvalue weighted by atomic mass is 16.3. The van der Waals surface area contributed by atoms with E-state index < -0.39 is 0 Å². The third-order valence-electron chi connectivity index (χ3n) is 9.60. The van der Waals surface area contributed by atoms with Crippen molar-refractivity contribution in [3.05, 3.63) is 180 Å². The van der Waals surface area contributed by atoms with Crippen molar-refractivity contribution in [2.45, 2.75) is 124 Å². The van der Waals surface area contributed by atoms with Gasteiger partial charge in [0.05, 0.1) is 0 Å². The van der Waals surface area contributed by atoms with Gasteiger partial charge >= 0.3 is 0 Å². The lowest BCUT2D eigenvalue weighted by atomic mass is 9.88. The van der Waals surface area contributed by atoms with Gasteiger partial charge in [-0.1, -0.05) is 243 Å². The number of aryl methyl sites for hydroxylation is 3. The summed E-state index contributed by atoms with van der Waals surface area (Å²) in [4.78, 5) is 0. The van der Waals surface area contributed by atoms with Gasteiger partial charge in [0.1, 0.15) is 22.3 Å². The maximum Gasteiger partial charge on any atom is 0.135 e. The zero-order chi connectivity index (χ0) is 48.0. The van der Waals surface area contributed by atoms with E-state index in [0.29, 0.717) is 0 Å². The molecule has 0 N–H and O–H groups in total. The SMILES string of the molecule is CC.CC.CC.CC.CC.CC.CC.CCc1c2ccccc2c(-c2ccccc2)c2ccccc12.Cc1ccc2oc3ccccc3c2c1.Cc1cccc2oc3ccccc3c12. The number of fused-ring (bicyclic) bond motifs is 8. The van der Waals surface area contributed by atoms with Crippen molar-refractivity contribution in [2.24, 2.45) is 0 Å². The van der Waals surface area contributed by atoms with Crippen LogP contribution in [0.1, 0.15) is 121 Å². The Balaban J connectivity index is 0.000000431. The first-order valence-electron chi connectivity index (χ1n) is 24.3. The van der Waals surface area contributed by atoms with Crippen molar-refractivity contribution < 1.29 is 8.83 Å². The molecule has 10 rings (SSSR count). The third kappa shape index (κ3) is 13.7. The van der Waals surface area contributed by atoms with Gasteiger partial charge in [-0.2, -0.15) is 0 Å². The molecule has 0 bridgehead atoms. The van der Waals surface area contributed by atoms with Gasteiger partial charge in [0, 0.05) is 21.5 Å². The molecule has 0 saturated heterocycles. The van der Waals surface area contributed by atoms with Crippen molar-refractivity contribution in [3.63, 3.8) is 0 Å². The molecule has 0 aliphatic heterocycles. The van der Waals surface area contributed by atoms with Crippen LogP contribution in [0.2, 0.25) is 0 Å². The molecule has 340 valence electrons. The number of furan rings is 2. The van der Waals surface area contributed by atoms with E-state index in [-0.39, 0.29) is 0 Å². The van der Waals surface area contributed by atoms with Crippen molar-refractivity contribution in [1.29, 1.82) is 0 Å². The molecule has 0 saturated carbocycles. The quantitative estimate of drug-likeness (QED) is 0.162. The third-order valence-corrected chi connectivity index (χ3v) is 9.60. The summed E-state index contributed by atoms with van der Waals surface area (Å²) >= 11 is 0. The highest BCUT2D eigenvalue weighted by Gasteiger charge is 2.13. The Bertz CT molecular complexity index is 2710. The van der Waals surface area contributed by atoms with Gasteiger partial charge in [-0.05, 0) is 94.4 Å². The summed E-state index contributed by atoms with van der Waals surface area (Å²) in [6.07, 6.45) is 1.05. The molecule has 2 nitrogen and oxygen atoms in total. The van der Waals surface area contributed by atoms with Gasteiger partial charge in [0.2, 0.25) is 0 Å². The largest absolute Gasteiger partial charge is 0.456 e. The minimum Gasteiger partial charge on any atom is -0.456 e. The fourth-order valence-corrected chi connectivity index (χ4v) is 7.31. The molecule has 0 amide bonds. The molecule has 8 aromatic carbocycles. The summed E-state index contributed by atoms with van der Waals surface area (Å²) in [6.45, 7) is 34.5. The predicted octanol–water partition coefficient (Wildman–Crippen LogP) is 21.2. The highest BCUT2D eigenvalue weighted by Crippen LogP contribution is 2.39. The first-order valence-corrected chi connectivity index (χ1v) is 24.3. The summed E-state index contributed by atoms with van der Waals surface area (Å²) < 4.78 is 11.4. The zero-order valence-electron chi connectivity index (χ0n) is 42.6. The molecule has 2 heteroatoms. The predicted molar refractivity (Wildman–Crippen MR) is 293 cm³/mol. The lowest BCUT2D eigenvalue weighted by Gasteiger charge is -2.16. The smallest absolute Gasteiger partial charge is 0.135 e. The summed E-state index contributed by atoms with van der Waals surface area (Å²) in [6, 6.07) is 57.1. The van der Waals surface area contributed by atoms with E-state index in [1.165, 1.54) is 70.9 Å². The molecule has 0 atom stereocenters. The summed E-state index contributed by atoms with van der Waals surface area (Å²) in [7, 11) is 0. The van der Waals surface area contributed by atoms with Gasteiger partial charge in [-0.25, -0.2) is 0 Å². The van der Waals surface area contributed by atoms with Crippen molar-refractivity contribution in [3.8, 4) is 11.1 Å². The minimum atomic E-state index is 0.966. The molecule has 0 aliphatic rings. The Kier molecular flexibility index (Phi) is 27.7. The number of para-hydroxylation sites is 2. The average Bonchev–Trinajstić information content (AvgIpc) is 3.97. The minimum absolute atomic E-state index is 0.966. The zero-order valence-corrected chi connectivity index (χ0v) is 42.6. The normalized spacial score (nSPS) is 9.39. The maximum atomic E-state index is 5.73. The molecular formula is C62H80O2. The van der Waals surface area contributed by atoms with Crippen molar-refractivity contribution >= 4 is 65.4 Å². The Morgan fingerprint density at radius 3 is 1.23 bits per heavy atom. The number of hydrogen-bond acceptors (Lipinski definition) is 2. The van der Waals surface area contributed by atoms with E-state index >= 15 is 0 Å². The number of benzene rings is 8. The molecule has 2 heterocycles. The van der Waals surface area contributed by atoms with Crippen LogP contribution in [0.3, 0.4) is 0 Å². The highest BCUT2D eigenvalue weighted by molar-refractivity contribution is 6.15. The topological polar surface area (TPSA) is 26.3 Å². The Morgan fingerprint density at radius 2 is 0.719 bits per heavy atom. The summed E-state index contributed by atoms with van der Waals surface area (Å²) in [5.74, 6) is 0. The second-order valence-corrected chi connectivity index (χ2v) is 12.8. The van der Waals surface area contributed by atoms with Crippen LogP contribution in [0.5, 0.6) is 0 Å². The second-order valence-electron chi connectivity index (χ2n) is 12.8. The van der Waals surface area contributed by atoms with Crippen LogP contribution in [0.15, 0.2) is 173 Å². The van der Waals surface area contributed by atoms with Crippen LogP contribution in [0.4, 0.5) is 0 Å². The molecule has 0 radical (unpaired) electrons. The van der Waals surface area contributed by atoms with Gasteiger partial charge in [0.15, 0.2) is 0 Å². The van der Waals surface area contributed by atoms with Gasteiger partial charge in [-0.15, -0.1) is 0 Å². The standard InChI is InChI=1S/C22H18.2C13H10O.7C2H6/c1-2-17-18-12-6-8-14-20(18)22(16-10-4-3-5-11-16)21-15-9-7-13-19(17)21;1-9-5-4-8-12-13(9)10-6-2-3-7-11(10)14-12;1-9-6-7-13-11(8-9)10-4-2-3-5-12(10)14-13;7*1-2/h3-15H,2H2,1H3;2*2-8H,1H3;7*1-2H3. The fourth-order valence-electron chi connectivity index (χ4n) is 7.31. The molecule has 0 spiro atoms. The van der Waals surface area contributed by atoms with E-state index in [4.69, 9.17) is 8.83 Å². The Hall–Kier alpha value is -6.12. The average molecular weight is 857 g/mol. The molecule has 0 aliphatic carbocycles. The molecular weight excluding hydrogens is 777 g/mol. The number of hydrogen-bond donors (Lipinski definition) is 0. The lowest BCUT2D eigenvalue weighted by molar-refractivity contribution is 0.668. The van der Waals surface area contributed by atoms with Crippen LogP contribution >= 0.6 is 0 Å². The molecule has 10 aromatic rings. The van der Waals surface area contributed by atoms with Crippen LogP contribution < -0.4 is 0 Å². The van der Waals surface area contributed by atoms with Gasteiger partial charge in [-0.3, -0.25) is 0 Å². The van der Waals surface area contributed by atoms with E-state index in [1.54, 1.807) is 0 Å². The van der Waals surface area contributed by atoms with Crippen molar-refractivity contribution in [1.82, 2.24) is 0 Å². The Labute approximate surface area is 388 Å². The van der Waals surface area contributed by atoms with Crippen LogP contribution in [-0.4, -0.2) is 0 Å². The summed E-state index contributed by atoms with van der Waals surface area (Å²) in [5, 5.41) is 10.3. The maximum absolute atomic E-state index is 5.73. The van der Waals surface area contributed by atoms with Crippen LogP contribution in [0, 0.1) is 13.8 Å². The molecule has 64 heavy (non-hydrogen) atoms. The van der Waals surface area contributed by atoms with Crippen LogP contribution in [0.25, 0.3) is 76.5 Å². The molecule has 0 unspecified atom stereocenters. The first kappa shape index (κ1) is 55.9. The monoisotopic (exact) mass is 857 g/mol. The van der Waals surface area contributed by atoms with E-state index in [0.717, 1.165) is 28.8 Å². The Morgan fingerprint density at radius 1 is 0.328 bits per heavy atom. The van der Waals surface area contributed by atoms with E-state index in [9.17, 15) is 0 Å². The second kappa shape index (κ2) is 31.7. The number of rotatable bonds is 2. The molecule has 2 aromatic heterocycles. The van der Waals surface area contributed by atoms with E-state index in [1.807, 2.05) is 152 Å². The van der Waals surface area contributed by atoms with Crippen molar-refractivity contribution in [2.75, 3.05) is 0 Å². The van der Waals surface area contributed by atoms with Gasteiger partial charge < -0.3 is 8.83 Å². The lowest BCUT2D eigenvalue weighted by Crippen LogP contribution is -1.91. The summed E-state index contributed by atoms with van der Waals surface area (Å²) in [5.41, 5.74) is 10.5. The molecule has 0 fully saturated rings. The van der Waals surface area contributed by atoms with E-state index in [2.05, 4.69) is 130 Å². The van der Waals surface area contributed by atoms with Crippen LogP contribution in [-0.2, 0) is 6.42 Å².